The van der Waals surface area contributed by atoms with Crippen LogP contribution in [-0.2, 0) is 19.8 Å². The van der Waals surface area contributed by atoms with Crippen molar-refractivity contribution in [3.8, 4) is 0 Å². The van der Waals surface area contributed by atoms with Crippen molar-refractivity contribution in [1.82, 2.24) is 9.62 Å². The average Bonchev–Trinajstić information content (AvgIpc) is 2.73. The molecule has 0 bridgehead atoms. The van der Waals surface area contributed by atoms with Crippen molar-refractivity contribution in [3.05, 3.63) is 0 Å². The fraction of sp³-hybridized carbons (Fsp3) is 0.917. The molecule has 1 atom stereocenters. The number of quaternary nitrogens is 1. The number of nitrogens with one attached hydrogen (secondary N) is 1. The lowest BCUT2D eigenvalue weighted by Crippen LogP contribution is -2.65. The highest BCUT2D eigenvalue weighted by molar-refractivity contribution is 7.84. The van der Waals surface area contributed by atoms with Gasteiger partial charge in [-0.3, -0.25) is 4.79 Å². The Bertz CT molecular complexity index is 668. The molecule has 0 radical (unpaired) electrons. The van der Waals surface area contributed by atoms with Crippen molar-refractivity contribution in [2.24, 2.45) is 0 Å². The summed E-state index contributed by atoms with van der Waals surface area (Å²) < 4.78 is 37.9. The topological polar surface area (TPSA) is 116 Å². The van der Waals surface area contributed by atoms with E-state index in [9.17, 15) is 22.6 Å². The lowest BCUT2D eigenvalue weighted by molar-refractivity contribution is -0.929. The van der Waals surface area contributed by atoms with Gasteiger partial charge in [-0.2, -0.15) is 0 Å². The van der Waals surface area contributed by atoms with Crippen molar-refractivity contribution >= 4 is 22.3 Å². The van der Waals surface area contributed by atoms with Gasteiger partial charge in [-0.1, -0.05) is 53.4 Å². The minimum atomic E-state index is -4.78. The van der Waals surface area contributed by atoms with Gasteiger partial charge in [0.1, 0.15) is 11.6 Å². The van der Waals surface area contributed by atoms with Crippen LogP contribution in [0.4, 0.5) is 4.79 Å². The highest BCUT2D eigenvalue weighted by Gasteiger charge is 2.42. The highest BCUT2D eigenvalue weighted by atomic mass is 32.2. The molecule has 0 spiro atoms. The zero-order chi connectivity index (χ0) is 26.4. The van der Waals surface area contributed by atoms with Crippen LogP contribution in [0.15, 0.2) is 0 Å². The summed E-state index contributed by atoms with van der Waals surface area (Å²) >= 11 is 0. The van der Waals surface area contributed by atoms with Crippen LogP contribution in [0.1, 0.15) is 99.8 Å². The molecule has 0 saturated carbocycles. The second-order valence-electron chi connectivity index (χ2n) is 10.2. The van der Waals surface area contributed by atoms with Gasteiger partial charge in [0, 0.05) is 0 Å². The van der Waals surface area contributed by atoms with Gasteiger partial charge in [-0.05, 0) is 46.5 Å². The van der Waals surface area contributed by atoms with Crippen LogP contribution in [0, 0.1) is 0 Å². The molecule has 0 aliphatic carbocycles. The Labute approximate surface area is 208 Å². The summed E-state index contributed by atoms with van der Waals surface area (Å²) in [6.45, 7) is 19.6. The third-order valence-electron chi connectivity index (χ3n) is 5.80. The van der Waals surface area contributed by atoms with E-state index in [1.54, 1.807) is 20.8 Å². The summed E-state index contributed by atoms with van der Waals surface area (Å²) in [6, 6.07) is -1.02. The zero-order valence-corrected chi connectivity index (χ0v) is 23.3. The number of amides is 2. The maximum Gasteiger partial charge on any atom is 0.408 e. The number of ether oxygens (including phenoxy) is 1. The standard InChI is InChI=1S/C16H36N.C8H14N2O6S/c1-5-9-13-17(14-10-6-2,15-11-7-3)16-12-8-4;1-8(2,3)16-7(12)9-5-4-10(6(5)11)17(13,14)15/h5-16H2,1-4H3;5H,4H2,1-3H3,(H,9,12)(H,13,14,15)/q+1;/p-1/t;5-/m.0/s1. The third kappa shape index (κ3) is 12.9. The van der Waals surface area contributed by atoms with Crippen LogP contribution in [0.5, 0.6) is 0 Å². The van der Waals surface area contributed by atoms with Gasteiger partial charge >= 0.3 is 6.09 Å². The van der Waals surface area contributed by atoms with Gasteiger partial charge in [0.25, 0.3) is 5.91 Å². The zero-order valence-electron chi connectivity index (χ0n) is 22.5. The van der Waals surface area contributed by atoms with Crippen LogP contribution < -0.4 is 5.32 Å². The predicted octanol–water partition coefficient (Wildman–Crippen LogP) is 4.19. The van der Waals surface area contributed by atoms with Gasteiger partial charge in [0.15, 0.2) is 10.3 Å². The second-order valence-corrected chi connectivity index (χ2v) is 11.5. The number of alkyl carbamates (subject to hydrolysis) is 1. The Balaban J connectivity index is 0.000000641. The van der Waals surface area contributed by atoms with E-state index >= 15 is 0 Å². The number of carbonyl (C=O) groups is 2. The molecule has 0 aromatic heterocycles. The summed E-state index contributed by atoms with van der Waals surface area (Å²) in [7, 11) is -4.78. The summed E-state index contributed by atoms with van der Waals surface area (Å²) in [5.41, 5.74) is -0.721. The molecule has 2 amide bonds. The van der Waals surface area contributed by atoms with E-state index in [-0.39, 0.29) is 10.8 Å². The monoisotopic (exact) mass is 507 g/mol. The maximum absolute atomic E-state index is 11.2. The van der Waals surface area contributed by atoms with Gasteiger partial charge in [-0.25, -0.2) is 17.5 Å². The summed E-state index contributed by atoms with van der Waals surface area (Å²) in [4.78, 5) is 22.4. The minimum absolute atomic E-state index is 0.148. The summed E-state index contributed by atoms with van der Waals surface area (Å²) in [5, 5.41) is 2.17. The lowest BCUT2D eigenvalue weighted by Gasteiger charge is -2.39. The normalized spacial score (nSPS) is 16.4. The number of nitrogens with zero attached hydrogens (tertiary/aromatic N) is 2. The van der Waals surface area contributed by atoms with E-state index in [1.165, 1.54) is 82.0 Å². The molecular weight excluding hydrogens is 458 g/mol. The first-order valence-corrected chi connectivity index (χ1v) is 14.2. The fourth-order valence-electron chi connectivity index (χ4n) is 3.80. The molecule has 1 N–H and O–H groups in total. The molecular formula is C24H49N3O6S. The Morgan fingerprint density at radius 2 is 1.35 bits per heavy atom. The molecule has 34 heavy (non-hydrogen) atoms. The third-order valence-corrected chi connectivity index (χ3v) is 6.67. The van der Waals surface area contributed by atoms with E-state index in [0.29, 0.717) is 0 Å². The first-order valence-electron chi connectivity index (χ1n) is 12.9. The number of unbranched alkanes of at least 4 members (excludes halogenated alkanes) is 4. The molecule has 0 aromatic carbocycles. The largest absolute Gasteiger partial charge is 0.731 e. The number of β-lactam (4-membered cyclic amide) rings is 1. The molecule has 1 aliphatic rings. The Morgan fingerprint density at radius 3 is 1.62 bits per heavy atom. The van der Waals surface area contributed by atoms with Crippen molar-refractivity contribution in [2.75, 3.05) is 32.7 Å². The Hall–Kier alpha value is -1.39. The molecule has 0 aromatic rings. The Kier molecular flexibility index (Phi) is 14.9. The molecule has 1 fully saturated rings. The Morgan fingerprint density at radius 1 is 0.971 bits per heavy atom. The van der Waals surface area contributed by atoms with Crippen molar-refractivity contribution < 1.29 is 31.8 Å². The average molecular weight is 508 g/mol. The predicted molar refractivity (Wildman–Crippen MR) is 134 cm³/mol. The molecule has 202 valence electrons. The first-order chi connectivity index (χ1) is 15.7. The van der Waals surface area contributed by atoms with E-state index < -0.39 is 33.9 Å². The number of rotatable bonds is 14. The minimum Gasteiger partial charge on any atom is -0.731 e. The second kappa shape index (κ2) is 15.6. The van der Waals surface area contributed by atoms with Crippen LogP contribution in [-0.4, -0.2) is 78.1 Å². The van der Waals surface area contributed by atoms with Crippen LogP contribution in [0.3, 0.4) is 0 Å². The molecule has 10 heteroatoms. The van der Waals surface area contributed by atoms with E-state index in [2.05, 4.69) is 33.0 Å². The molecule has 1 rings (SSSR count). The van der Waals surface area contributed by atoms with Crippen LogP contribution in [0.2, 0.25) is 0 Å². The van der Waals surface area contributed by atoms with Gasteiger partial charge < -0.3 is 19.1 Å². The van der Waals surface area contributed by atoms with E-state index in [1.807, 2.05) is 0 Å². The van der Waals surface area contributed by atoms with Gasteiger partial charge in [0.2, 0.25) is 0 Å². The SMILES string of the molecule is CC(C)(C)OC(=O)N[C@H]1CN(S(=O)(=O)[O-])C1=O.CCCC[N+](CCCC)(CCCC)CCCC. The molecule has 1 saturated heterocycles. The number of hydrogen-bond donors (Lipinski definition) is 1. The van der Waals surface area contributed by atoms with Crippen molar-refractivity contribution in [3.63, 3.8) is 0 Å². The molecule has 1 heterocycles. The van der Waals surface area contributed by atoms with Crippen molar-refractivity contribution in [2.45, 2.75) is 111 Å². The molecule has 9 nitrogen and oxygen atoms in total. The van der Waals surface area contributed by atoms with Crippen LogP contribution >= 0.6 is 0 Å². The fourth-order valence-corrected chi connectivity index (χ4v) is 4.48. The van der Waals surface area contributed by atoms with Gasteiger partial charge in [0.05, 0.1) is 32.7 Å². The maximum atomic E-state index is 11.2. The molecule has 1 aliphatic heterocycles. The van der Waals surface area contributed by atoms with E-state index in [4.69, 9.17) is 4.74 Å². The molecule has 0 unspecified atom stereocenters. The lowest BCUT2D eigenvalue weighted by atomic mass is 10.1. The highest BCUT2D eigenvalue weighted by Crippen LogP contribution is 2.17. The number of hydrogen-bond acceptors (Lipinski definition) is 6. The summed E-state index contributed by atoms with van der Waals surface area (Å²) in [6.07, 6.45) is 10.2. The first kappa shape index (κ1) is 32.6. The van der Waals surface area contributed by atoms with Gasteiger partial charge in [-0.15, -0.1) is 0 Å². The summed E-state index contributed by atoms with van der Waals surface area (Å²) in [5.74, 6) is -0.953. The number of carbonyl (C=O) groups excluding carboxylic acids is 2. The van der Waals surface area contributed by atoms with E-state index in [0.717, 1.165) is 0 Å². The quantitative estimate of drug-likeness (QED) is 0.214. The van der Waals surface area contributed by atoms with Crippen LogP contribution in [0.25, 0.3) is 0 Å². The smallest absolute Gasteiger partial charge is 0.408 e. The van der Waals surface area contributed by atoms with Crippen molar-refractivity contribution in [1.29, 1.82) is 0 Å².